The van der Waals surface area contributed by atoms with Gasteiger partial charge in [-0.25, -0.2) is 0 Å². The van der Waals surface area contributed by atoms with Gasteiger partial charge in [0.1, 0.15) is 12.4 Å². The van der Waals surface area contributed by atoms with Crippen molar-refractivity contribution in [3.8, 4) is 5.75 Å². The van der Waals surface area contributed by atoms with Gasteiger partial charge in [-0.2, -0.15) is 0 Å². The molecule has 0 N–H and O–H groups in total. The van der Waals surface area contributed by atoms with Gasteiger partial charge in [0.05, 0.1) is 12.6 Å². The molecule has 1 aliphatic heterocycles. The van der Waals surface area contributed by atoms with Crippen molar-refractivity contribution >= 4 is 34.8 Å². The van der Waals surface area contributed by atoms with Crippen molar-refractivity contribution in [1.82, 2.24) is 9.80 Å². The van der Waals surface area contributed by atoms with E-state index < -0.39 is 0 Å². The molecule has 2 aromatic rings. The third-order valence-electron chi connectivity index (χ3n) is 5.35. The normalized spacial score (nSPS) is 15.8. The Balaban J connectivity index is 1.77. The van der Waals surface area contributed by atoms with Crippen LogP contribution in [0.5, 0.6) is 5.75 Å². The summed E-state index contributed by atoms with van der Waals surface area (Å²) in [6.45, 7) is 9.55. The summed E-state index contributed by atoms with van der Waals surface area (Å²) in [5, 5.41) is 2.73. The minimum absolute atomic E-state index is 0.0178. The number of carbonyl (C=O) groups excluding carboxylic acids is 2. The van der Waals surface area contributed by atoms with Crippen LogP contribution in [0, 0.1) is 11.8 Å². The molecule has 2 heterocycles. The van der Waals surface area contributed by atoms with Crippen LogP contribution < -0.4 is 4.74 Å². The van der Waals surface area contributed by atoms with E-state index in [0.717, 1.165) is 17.7 Å². The van der Waals surface area contributed by atoms with Gasteiger partial charge >= 0.3 is 0 Å². The highest BCUT2D eigenvalue weighted by molar-refractivity contribution is 7.10. The SMILES string of the molecule is CC(C)CN(CC(=O)N1CCc2sccc2C1COc1ccc(Cl)cc1)C(=O)C(C)C. The standard InChI is InChI=1S/C24H31ClN2O3S/c1-16(2)13-26(24(29)17(3)4)14-23(28)27-11-9-22-20(10-12-31-22)21(27)15-30-19-7-5-18(25)6-8-19/h5-8,10,12,16-17,21H,9,11,13-15H2,1-4H3. The summed E-state index contributed by atoms with van der Waals surface area (Å²) in [6, 6.07) is 9.15. The van der Waals surface area contributed by atoms with Gasteiger partial charge in [-0.15, -0.1) is 11.3 Å². The van der Waals surface area contributed by atoms with Crippen LogP contribution in [0.2, 0.25) is 5.02 Å². The summed E-state index contributed by atoms with van der Waals surface area (Å²) in [4.78, 5) is 31.0. The molecule has 0 bridgehead atoms. The van der Waals surface area contributed by atoms with Gasteiger partial charge in [-0.1, -0.05) is 39.3 Å². The number of amides is 2. The third kappa shape index (κ3) is 6.01. The van der Waals surface area contributed by atoms with E-state index in [1.54, 1.807) is 28.4 Å². The Morgan fingerprint density at radius 1 is 1.19 bits per heavy atom. The maximum absolute atomic E-state index is 13.4. The van der Waals surface area contributed by atoms with Crippen LogP contribution in [0.3, 0.4) is 0 Å². The molecule has 1 unspecified atom stereocenters. The molecule has 5 nitrogen and oxygen atoms in total. The highest BCUT2D eigenvalue weighted by Crippen LogP contribution is 2.34. The molecule has 3 rings (SSSR count). The van der Waals surface area contributed by atoms with Gasteiger partial charge in [-0.3, -0.25) is 9.59 Å². The fraction of sp³-hybridized carbons (Fsp3) is 0.500. The molecule has 1 aromatic carbocycles. The molecule has 1 atom stereocenters. The van der Waals surface area contributed by atoms with E-state index in [0.29, 0.717) is 30.6 Å². The second-order valence-corrected chi connectivity index (χ2v) is 10.1. The highest BCUT2D eigenvalue weighted by Gasteiger charge is 2.33. The number of thiophene rings is 1. The van der Waals surface area contributed by atoms with Crippen molar-refractivity contribution in [2.75, 3.05) is 26.2 Å². The molecule has 0 saturated carbocycles. The van der Waals surface area contributed by atoms with Crippen LogP contribution in [-0.4, -0.2) is 47.9 Å². The molecule has 0 fully saturated rings. The fourth-order valence-corrected chi connectivity index (χ4v) is 4.93. The Hall–Kier alpha value is -2.05. The largest absolute Gasteiger partial charge is 0.491 e. The van der Waals surface area contributed by atoms with E-state index in [2.05, 4.69) is 25.3 Å². The topological polar surface area (TPSA) is 49.9 Å². The molecule has 168 valence electrons. The Labute approximate surface area is 193 Å². The molecule has 31 heavy (non-hydrogen) atoms. The first-order valence-electron chi connectivity index (χ1n) is 10.8. The zero-order chi connectivity index (χ0) is 22.5. The average molecular weight is 463 g/mol. The van der Waals surface area contributed by atoms with Crippen molar-refractivity contribution < 1.29 is 14.3 Å². The number of carbonyl (C=O) groups is 2. The van der Waals surface area contributed by atoms with Crippen LogP contribution in [0.25, 0.3) is 0 Å². The monoisotopic (exact) mass is 462 g/mol. The van der Waals surface area contributed by atoms with Crippen molar-refractivity contribution in [2.24, 2.45) is 11.8 Å². The van der Waals surface area contributed by atoms with Crippen LogP contribution in [0.1, 0.15) is 44.2 Å². The molecule has 0 saturated heterocycles. The van der Waals surface area contributed by atoms with Gasteiger partial charge < -0.3 is 14.5 Å². The lowest BCUT2D eigenvalue weighted by Crippen LogP contribution is -2.49. The predicted molar refractivity (Wildman–Crippen MR) is 126 cm³/mol. The predicted octanol–water partition coefficient (Wildman–Crippen LogP) is 5.05. The Morgan fingerprint density at radius 2 is 1.90 bits per heavy atom. The zero-order valence-electron chi connectivity index (χ0n) is 18.6. The minimum Gasteiger partial charge on any atom is -0.491 e. The van der Waals surface area contributed by atoms with E-state index >= 15 is 0 Å². The Bertz CT molecular complexity index is 894. The summed E-state index contributed by atoms with van der Waals surface area (Å²) >= 11 is 7.69. The number of fused-ring (bicyclic) bond motifs is 1. The second kappa shape index (κ2) is 10.5. The maximum atomic E-state index is 13.4. The first-order chi connectivity index (χ1) is 14.8. The lowest BCUT2D eigenvalue weighted by atomic mass is 10.00. The molecule has 0 aliphatic carbocycles. The lowest BCUT2D eigenvalue weighted by molar-refractivity contribution is -0.144. The molecule has 7 heteroatoms. The number of rotatable bonds is 8. The van der Waals surface area contributed by atoms with E-state index in [-0.39, 0.29) is 30.3 Å². The first-order valence-corrected chi connectivity index (χ1v) is 12.0. The Kier molecular flexibility index (Phi) is 8.00. The summed E-state index contributed by atoms with van der Waals surface area (Å²) < 4.78 is 6.03. The van der Waals surface area contributed by atoms with Crippen molar-refractivity contribution in [3.63, 3.8) is 0 Å². The van der Waals surface area contributed by atoms with E-state index in [4.69, 9.17) is 16.3 Å². The quantitative estimate of drug-likeness (QED) is 0.551. The lowest BCUT2D eigenvalue weighted by Gasteiger charge is -2.37. The van der Waals surface area contributed by atoms with Crippen LogP contribution in [0.4, 0.5) is 0 Å². The van der Waals surface area contributed by atoms with Crippen molar-refractivity contribution in [1.29, 1.82) is 0 Å². The summed E-state index contributed by atoms with van der Waals surface area (Å²) in [5.41, 5.74) is 1.14. The minimum atomic E-state index is -0.173. The number of nitrogens with zero attached hydrogens (tertiary/aromatic N) is 2. The average Bonchev–Trinajstić information content (AvgIpc) is 3.20. The van der Waals surface area contributed by atoms with Crippen molar-refractivity contribution in [2.45, 2.75) is 40.2 Å². The van der Waals surface area contributed by atoms with Crippen LogP contribution in [0.15, 0.2) is 35.7 Å². The number of ether oxygens (including phenoxy) is 1. The number of hydrogen-bond donors (Lipinski definition) is 0. The molecule has 1 aromatic heterocycles. The zero-order valence-corrected chi connectivity index (χ0v) is 20.2. The fourth-order valence-electron chi connectivity index (χ4n) is 3.87. The van der Waals surface area contributed by atoms with Gasteiger partial charge in [0.2, 0.25) is 11.8 Å². The third-order valence-corrected chi connectivity index (χ3v) is 6.60. The molecule has 1 aliphatic rings. The number of halogens is 1. The molecule has 0 spiro atoms. The van der Waals surface area contributed by atoms with Crippen LogP contribution >= 0.6 is 22.9 Å². The van der Waals surface area contributed by atoms with Crippen molar-refractivity contribution in [3.05, 3.63) is 51.2 Å². The smallest absolute Gasteiger partial charge is 0.242 e. The summed E-state index contributed by atoms with van der Waals surface area (Å²) in [5.74, 6) is 0.862. The molecule has 2 amide bonds. The summed E-state index contributed by atoms with van der Waals surface area (Å²) in [7, 11) is 0. The van der Waals surface area contributed by atoms with Crippen LogP contribution in [-0.2, 0) is 16.0 Å². The highest BCUT2D eigenvalue weighted by atomic mass is 35.5. The molecular weight excluding hydrogens is 432 g/mol. The van der Waals surface area contributed by atoms with E-state index in [1.807, 2.05) is 30.9 Å². The number of benzene rings is 1. The van der Waals surface area contributed by atoms with Gasteiger partial charge in [0.25, 0.3) is 0 Å². The first kappa shape index (κ1) is 23.6. The summed E-state index contributed by atoms with van der Waals surface area (Å²) in [6.07, 6.45) is 0.832. The van der Waals surface area contributed by atoms with Gasteiger partial charge in [0, 0.05) is 28.9 Å². The van der Waals surface area contributed by atoms with Gasteiger partial charge in [-0.05, 0) is 53.6 Å². The second-order valence-electron chi connectivity index (χ2n) is 8.68. The van der Waals surface area contributed by atoms with Gasteiger partial charge in [0.15, 0.2) is 0 Å². The van der Waals surface area contributed by atoms with E-state index in [1.165, 1.54) is 4.88 Å². The molecule has 0 radical (unpaired) electrons. The number of hydrogen-bond acceptors (Lipinski definition) is 4. The van der Waals surface area contributed by atoms with E-state index in [9.17, 15) is 9.59 Å². The Morgan fingerprint density at radius 3 is 2.55 bits per heavy atom. The maximum Gasteiger partial charge on any atom is 0.242 e. The molecular formula is C24H31ClN2O3S.